The quantitative estimate of drug-likeness (QED) is 0.461. The first-order valence-corrected chi connectivity index (χ1v) is 8.13. The maximum Gasteiger partial charge on any atom is 0.135 e. The molecule has 0 atom stereocenters. The van der Waals surface area contributed by atoms with Crippen molar-refractivity contribution in [2.45, 2.75) is 59.8 Å². The van der Waals surface area contributed by atoms with Crippen LogP contribution in [0, 0.1) is 11.8 Å². The zero-order chi connectivity index (χ0) is 16.1. The van der Waals surface area contributed by atoms with Gasteiger partial charge in [0.1, 0.15) is 11.6 Å². The van der Waals surface area contributed by atoms with E-state index in [-0.39, 0.29) is 17.5 Å². The first kappa shape index (κ1) is 20.3. The van der Waals surface area contributed by atoms with Gasteiger partial charge in [-0.15, -0.1) is 0 Å². The van der Waals surface area contributed by atoms with E-state index in [9.17, 15) is 9.59 Å². The lowest BCUT2D eigenvalue weighted by molar-refractivity contribution is -0.126. The van der Waals surface area contributed by atoms with Gasteiger partial charge in [-0.25, -0.2) is 0 Å². The van der Waals surface area contributed by atoms with Crippen LogP contribution in [0.2, 0.25) is 0 Å². The van der Waals surface area contributed by atoms with Gasteiger partial charge in [0.15, 0.2) is 0 Å². The van der Waals surface area contributed by atoms with E-state index in [4.69, 9.17) is 9.47 Å². The van der Waals surface area contributed by atoms with Crippen LogP contribution in [0.4, 0.5) is 0 Å². The molecular formula is C17H32O4. The van der Waals surface area contributed by atoms with Crippen molar-refractivity contribution in [3.63, 3.8) is 0 Å². The molecule has 0 spiro atoms. The minimum Gasteiger partial charge on any atom is -0.379 e. The number of ether oxygens (including phenoxy) is 2. The molecule has 0 saturated carbocycles. The monoisotopic (exact) mass is 300 g/mol. The van der Waals surface area contributed by atoms with Crippen LogP contribution in [0.3, 0.4) is 0 Å². The van der Waals surface area contributed by atoms with E-state index in [1.807, 2.05) is 13.8 Å². The molecule has 0 aliphatic heterocycles. The number of hydrogen-bond acceptors (Lipinski definition) is 4. The van der Waals surface area contributed by atoms with E-state index in [0.717, 1.165) is 19.4 Å². The summed E-state index contributed by atoms with van der Waals surface area (Å²) in [6.45, 7) is 10.6. The Morgan fingerprint density at radius 1 is 0.810 bits per heavy atom. The molecule has 4 heteroatoms. The molecule has 0 rings (SSSR count). The molecule has 0 amide bonds. The van der Waals surface area contributed by atoms with Gasteiger partial charge in [0.05, 0.1) is 13.2 Å². The maximum atomic E-state index is 11.6. The summed E-state index contributed by atoms with van der Waals surface area (Å²) in [4.78, 5) is 23.0. The third-order valence-corrected chi connectivity index (χ3v) is 3.25. The van der Waals surface area contributed by atoms with Crippen molar-refractivity contribution in [3.05, 3.63) is 0 Å². The molecule has 4 nitrogen and oxygen atoms in total. The van der Waals surface area contributed by atoms with E-state index in [0.29, 0.717) is 45.0 Å². The van der Waals surface area contributed by atoms with Crippen molar-refractivity contribution < 1.29 is 19.1 Å². The third-order valence-electron chi connectivity index (χ3n) is 3.25. The van der Waals surface area contributed by atoms with Crippen LogP contribution in [0.1, 0.15) is 59.8 Å². The Labute approximate surface area is 129 Å². The van der Waals surface area contributed by atoms with Crippen molar-refractivity contribution in [2.75, 3.05) is 26.4 Å². The number of ketones is 2. The first-order chi connectivity index (χ1) is 9.93. The molecule has 0 radical (unpaired) electrons. The molecule has 0 heterocycles. The van der Waals surface area contributed by atoms with E-state index in [1.165, 1.54) is 0 Å². The molecule has 0 unspecified atom stereocenters. The van der Waals surface area contributed by atoms with Gasteiger partial charge in [-0.2, -0.15) is 0 Å². The molecule has 0 N–H and O–H groups in total. The highest BCUT2D eigenvalue weighted by Gasteiger charge is 2.10. The lowest BCUT2D eigenvalue weighted by Crippen LogP contribution is -2.11. The Kier molecular flexibility index (Phi) is 12.5. The highest BCUT2D eigenvalue weighted by molar-refractivity contribution is 5.86. The van der Waals surface area contributed by atoms with E-state index >= 15 is 0 Å². The predicted molar refractivity (Wildman–Crippen MR) is 84.4 cm³/mol. The van der Waals surface area contributed by atoms with Gasteiger partial charge < -0.3 is 9.47 Å². The highest BCUT2D eigenvalue weighted by atomic mass is 16.5. The van der Waals surface area contributed by atoms with Gasteiger partial charge >= 0.3 is 0 Å². The lowest BCUT2D eigenvalue weighted by Gasteiger charge is -2.07. The van der Waals surface area contributed by atoms with Gasteiger partial charge in [0.25, 0.3) is 0 Å². The Morgan fingerprint density at radius 2 is 1.43 bits per heavy atom. The molecule has 0 aromatic rings. The molecule has 0 aliphatic carbocycles. The van der Waals surface area contributed by atoms with Crippen LogP contribution in [-0.4, -0.2) is 38.0 Å². The molecule has 0 aromatic carbocycles. The van der Waals surface area contributed by atoms with Gasteiger partial charge in [0.2, 0.25) is 0 Å². The normalized spacial score (nSPS) is 11.3. The Balaban J connectivity index is 3.31. The second kappa shape index (κ2) is 13.0. The van der Waals surface area contributed by atoms with E-state index in [2.05, 4.69) is 13.8 Å². The summed E-state index contributed by atoms with van der Waals surface area (Å²) >= 11 is 0. The van der Waals surface area contributed by atoms with Crippen LogP contribution in [0.5, 0.6) is 0 Å². The third kappa shape index (κ3) is 14.0. The van der Waals surface area contributed by atoms with Crippen molar-refractivity contribution >= 4 is 11.6 Å². The summed E-state index contributed by atoms with van der Waals surface area (Å²) in [5.41, 5.74) is 0. The summed E-state index contributed by atoms with van der Waals surface area (Å²) in [6, 6.07) is 0. The van der Waals surface area contributed by atoms with Crippen LogP contribution < -0.4 is 0 Å². The van der Waals surface area contributed by atoms with Crippen molar-refractivity contribution in [3.8, 4) is 0 Å². The van der Waals surface area contributed by atoms with Gasteiger partial charge in [-0.05, 0) is 18.8 Å². The molecular weight excluding hydrogens is 268 g/mol. The maximum absolute atomic E-state index is 11.6. The van der Waals surface area contributed by atoms with Gasteiger partial charge in [-0.3, -0.25) is 9.59 Å². The van der Waals surface area contributed by atoms with E-state index < -0.39 is 0 Å². The largest absolute Gasteiger partial charge is 0.379 e. The minimum absolute atomic E-state index is 0.0248. The summed E-state index contributed by atoms with van der Waals surface area (Å²) in [7, 11) is 0. The average Bonchev–Trinajstić information content (AvgIpc) is 2.42. The molecule has 0 saturated heterocycles. The summed E-state index contributed by atoms with van der Waals surface area (Å²) < 4.78 is 10.8. The zero-order valence-electron chi connectivity index (χ0n) is 14.2. The van der Waals surface area contributed by atoms with Gasteiger partial charge in [0, 0.05) is 38.4 Å². The van der Waals surface area contributed by atoms with Gasteiger partial charge in [-0.1, -0.05) is 27.7 Å². The first-order valence-electron chi connectivity index (χ1n) is 8.13. The number of carbonyl (C=O) groups is 2. The zero-order valence-corrected chi connectivity index (χ0v) is 14.2. The number of hydrogen-bond donors (Lipinski definition) is 0. The molecule has 21 heavy (non-hydrogen) atoms. The second-order valence-corrected chi connectivity index (χ2v) is 6.17. The number of carbonyl (C=O) groups excluding carboxylic acids is 2. The molecule has 124 valence electrons. The summed E-state index contributed by atoms with van der Waals surface area (Å²) in [6.07, 6.45) is 3.04. The minimum atomic E-state index is 0.0248. The predicted octanol–water partition coefficient (Wildman–Crippen LogP) is 3.42. The smallest absolute Gasteiger partial charge is 0.135 e. The molecule has 0 aliphatic rings. The van der Waals surface area contributed by atoms with Crippen LogP contribution >= 0.6 is 0 Å². The lowest BCUT2D eigenvalue weighted by atomic mass is 10.0. The van der Waals surface area contributed by atoms with Crippen molar-refractivity contribution in [1.82, 2.24) is 0 Å². The molecule has 0 aromatic heterocycles. The number of rotatable bonds is 14. The SMILES string of the molecule is CC(C)CCOCCOCCCC(=O)CCC(=O)C(C)C. The fourth-order valence-corrected chi connectivity index (χ4v) is 1.69. The van der Waals surface area contributed by atoms with Crippen LogP contribution in [0.15, 0.2) is 0 Å². The molecule has 0 bridgehead atoms. The fraction of sp³-hybridized carbons (Fsp3) is 0.882. The number of Topliss-reactive ketones (excluding diaryl/α,β-unsaturated/α-hetero) is 2. The Bertz CT molecular complexity index is 285. The standard InChI is InChI=1S/C17H32O4/c1-14(2)9-11-21-13-12-20-10-5-6-16(18)7-8-17(19)15(3)4/h14-15H,5-13H2,1-4H3. The Hall–Kier alpha value is -0.740. The summed E-state index contributed by atoms with van der Waals surface area (Å²) in [5, 5.41) is 0. The van der Waals surface area contributed by atoms with Crippen LogP contribution in [-0.2, 0) is 19.1 Å². The van der Waals surface area contributed by atoms with Crippen LogP contribution in [0.25, 0.3) is 0 Å². The molecule has 0 fully saturated rings. The van der Waals surface area contributed by atoms with Crippen molar-refractivity contribution in [2.24, 2.45) is 11.8 Å². The average molecular weight is 300 g/mol. The summed E-state index contributed by atoms with van der Waals surface area (Å²) in [5.74, 6) is 1.01. The highest BCUT2D eigenvalue weighted by Crippen LogP contribution is 2.05. The topological polar surface area (TPSA) is 52.6 Å². The second-order valence-electron chi connectivity index (χ2n) is 6.17. The fourth-order valence-electron chi connectivity index (χ4n) is 1.69. The van der Waals surface area contributed by atoms with E-state index in [1.54, 1.807) is 0 Å². The van der Waals surface area contributed by atoms with Crippen molar-refractivity contribution in [1.29, 1.82) is 0 Å². The Morgan fingerprint density at radius 3 is 2.00 bits per heavy atom.